The van der Waals surface area contributed by atoms with E-state index >= 15 is 0 Å². The standard InChI is InChI=1S/C27H30F3N5O2/c28-27(29,30)22-4-1-19(2-5-22)15-31-25-6-3-20(16-32-25)13-21-17-33-26-24(21)14-23(18-34-26)37-12-9-35-7-10-36-11-8-35/h1-6,14,16,18,21H,7-13,15,17H2,(H,31,32)(H,33,34). The van der Waals surface area contributed by atoms with Crippen LogP contribution in [-0.2, 0) is 23.9 Å². The predicted molar refractivity (Wildman–Crippen MR) is 135 cm³/mol. The van der Waals surface area contributed by atoms with Gasteiger partial charge in [-0.15, -0.1) is 0 Å². The van der Waals surface area contributed by atoms with Crippen molar-refractivity contribution in [3.8, 4) is 5.75 Å². The number of morpholine rings is 1. The first-order chi connectivity index (χ1) is 17.9. The van der Waals surface area contributed by atoms with Crippen LogP contribution in [0.1, 0.15) is 28.2 Å². The average molecular weight is 514 g/mol. The Labute approximate surface area is 214 Å². The first-order valence-corrected chi connectivity index (χ1v) is 12.5. The van der Waals surface area contributed by atoms with E-state index in [0.29, 0.717) is 19.0 Å². The molecular weight excluding hydrogens is 483 g/mol. The van der Waals surface area contributed by atoms with Crippen LogP contribution in [0.2, 0.25) is 0 Å². The largest absolute Gasteiger partial charge is 0.491 e. The molecule has 0 spiro atoms. The number of alkyl halides is 3. The molecule has 1 atom stereocenters. The number of halogens is 3. The van der Waals surface area contributed by atoms with Crippen molar-refractivity contribution in [1.29, 1.82) is 0 Å². The molecule has 0 aliphatic carbocycles. The second-order valence-corrected chi connectivity index (χ2v) is 9.29. The van der Waals surface area contributed by atoms with E-state index in [9.17, 15) is 13.2 Å². The second-order valence-electron chi connectivity index (χ2n) is 9.29. The molecular formula is C27H30F3N5O2. The molecule has 3 aromatic rings. The maximum Gasteiger partial charge on any atom is 0.416 e. The molecule has 1 fully saturated rings. The third-order valence-corrected chi connectivity index (χ3v) is 6.69. The van der Waals surface area contributed by atoms with Gasteiger partial charge in [0.05, 0.1) is 25.0 Å². The number of benzene rings is 1. The molecule has 4 heterocycles. The van der Waals surface area contributed by atoms with E-state index in [4.69, 9.17) is 9.47 Å². The van der Waals surface area contributed by atoms with E-state index in [1.165, 1.54) is 12.1 Å². The Hall–Kier alpha value is -3.37. The average Bonchev–Trinajstić information content (AvgIpc) is 3.30. The fourth-order valence-corrected chi connectivity index (χ4v) is 4.57. The molecule has 0 amide bonds. The lowest BCUT2D eigenvalue weighted by atomic mass is 9.95. The number of nitrogens with one attached hydrogen (secondary N) is 2. The number of rotatable bonds is 9. The van der Waals surface area contributed by atoms with Crippen molar-refractivity contribution in [2.75, 3.05) is 56.6 Å². The number of fused-ring (bicyclic) bond motifs is 1. The number of anilines is 2. The van der Waals surface area contributed by atoms with Gasteiger partial charge in [-0.2, -0.15) is 13.2 Å². The molecule has 2 aliphatic heterocycles. The lowest BCUT2D eigenvalue weighted by Crippen LogP contribution is -2.38. The van der Waals surface area contributed by atoms with Gasteiger partial charge in [0.1, 0.15) is 24.0 Å². The van der Waals surface area contributed by atoms with Gasteiger partial charge >= 0.3 is 6.18 Å². The normalized spacial score (nSPS) is 17.8. The molecule has 1 unspecified atom stereocenters. The lowest BCUT2D eigenvalue weighted by molar-refractivity contribution is -0.137. The molecule has 0 radical (unpaired) electrons. The molecule has 2 aliphatic rings. The summed E-state index contributed by atoms with van der Waals surface area (Å²) in [6, 6.07) is 11.1. The fourth-order valence-electron chi connectivity index (χ4n) is 4.57. The van der Waals surface area contributed by atoms with Gasteiger partial charge in [0.2, 0.25) is 0 Å². The molecule has 196 valence electrons. The zero-order valence-electron chi connectivity index (χ0n) is 20.4. The molecule has 0 saturated carbocycles. The third kappa shape index (κ3) is 6.69. The number of hydrogen-bond donors (Lipinski definition) is 2. The van der Waals surface area contributed by atoms with Crippen LogP contribution in [0.5, 0.6) is 5.75 Å². The number of hydrogen-bond acceptors (Lipinski definition) is 7. The van der Waals surface area contributed by atoms with Crippen LogP contribution in [0.4, 0.5) is 24.8 Å². The van der Waals surface area contributed by atoms with Gasteiger partial charge in [-0.05, 0) is 41.8 Å². The van der Waals surface area contributed by atoms with Crippen LogP contribution in [0.3, 0.4) is 0 Å². The Bertz CT molecular complexity index is 1170. The summed E-state index contributed by atoms with van der Waals surface area (Å²) in [6.07, 6.45) is 0.0902. The van der Waals surface area contributed by atoms with Crippen molar-refractivity contribution in [3.05, 3.63) is 77.1 Å². The minimum absolute atomic E-state index is 0.262. The minimum Gasteiger partial charge on any atom is -0.491 e. The van der Waals surface area contributed by atoms with E-state index in [1.54, 1.807) is 6.20 Å². The van der Waals surface area contributed by atoms with Crippen LogP contribution in [0.25, 0.3) is 0 Å². The molecule has 1 aromatic carbocycles. The number of nitrogens with zero attached hydrogens (tertiary/aromatic N) is 3. The highest BCUT2D eigenvalue weighted by atomic mass is 19.4. The summed E-state index contributed by atoms with van der Waals surface area (Å²) in [5.41, 5.74) is 2.35. The molecule has 5 rings (SSSR count). The van der Waals surface area contributed by atoms with Gasteiger partial charge in [0, 0.05) is 50.4 Å². The third-order valence-electron chi connectivity index (χ3n) is 6.69. The van der Waals surface area contributed by atoms with Crippen molar-refractivity contribution in [2.24, 2.45) is 0 Å². The van der Waals surface area contributed by atoms with Crippen molar-refractivity contribution in [1.82, 2.24) is 14.9 Å². The zero-order chi connectivity index (χ0) is 25.7. The lowest BCUT2D eigenvalue weighted by Gasteiger charge is -2.26. The second kappa shape index (κ2) is 11.4. The van der Waals surface area contributed by atoms with Crippen LogP contribution >= 0.6 is 0 Å². The summed E-state index contributed by atoms with van der Waals surface area (Å²) >= 11 is 0. The smallest absolute Gasteiger partial charge is 0.416 e. The fraction of sp³-hybridized carbons (Fsp3) is 0.407. The van der Waals surface area contributed by atoms with E-state index in [0.717, 1.165) is 86.2 Å². The van der Waals surface area contributed by atoms with E-state index < -0.39 is 11.7 Å². The Balaban J connectivity index is 1.13. The van der Waals surface area contributed by atoms with Crippen molar-refractivity contribution < 1.29 is 22.6 Å². The van der Waals surface area contributed by atoms with Gasteiger partial charge in [0.25, 0.3) is 0 Å². The summed E-state index contributed by atoms with van der Waals surface area (Å²) < 4.78 is 49.5. The molecule has 2 N–H and O–H groups in total. The maximum absolute atomic E-state index is 12.7. The Morgan fingerprint density at radius 1 is 1.03 bits per heavy atom. The summed E-state index contributed by atoms with van der Waals surface area (Å²) in [5.74, 6) is 2.61. The van der Waals surface area contributed by atoms with Gasteiger partial charge in [-0.3, -0.25) is 4.90 Å². The van der Waals surface area contributed by atoms with Crippen LogP contribution in [-0.4, -0.2) is 60.9 Å². The predicted octanol–water partition coefficient (Wildman–Crippen LogP) is 4.57. The number of ether oxygens (including phenoxy) is 2. The SMILES string of the molecule is FC(F)(F)c1ccc(CNc2ccc(CC3CNc4ncc(OCCN5CCOCC5)cc43)cn2)cc1. The highest BCUT2D eigenvalue weighted by Gasteiger charge is 2.30. The molecule has 10 heteroatoms. The zero-order valence-corrected chi connectivity index (χ0v) is 20.4. The van der Waals surface area contributed by atoms with Crippen molar-refractivity contribution in [3.63, 3.8) is 0 Å². The highest BCUT2D eigenvalue weighted by Crippen LogP contribution is 2.34. The molecule has 37 heavy (non-hydrogen) atoms. The topological polar surface area (TPSA) is 71.5 Å². The Kier molecular flexibility index (Phi) is 7.76. The maximum atomic E-state index is 12.7. The number of aromatic nitrogens is 2. The van der Waals surface area contributed by atoms with Crippen LogP contribution in [0.15, 0.2) is 54.9 Å². The summed E-state index contributed by atoms with van der Waals surface area (Å²) in [4.78, 5) is 11.4. The van der Waals surface area contributed by atoms with Gasteiger partial charge in [-0.25, -0.2) is 9.97 Å². The molecule has 0 bridgehead atoms. The van der Waals surface area contributed by atoms with E-state index in [1.807, 2.05) is 18.3 Å². The van der Waals surface area contributed by atoms with Gasteiger partial charge < -0.3 is 20.1 Å². The van der Waals surface area contributed by atoms with E-state index in [2.05, 4.69) is 31.6 Å². The first kappa shape index (κ1) is 25.3. The van der Waals surface area contributed by atoms with Crippen LogP contribution < -0.4 is 15.4 Å². The summed E-state index contributed by atoms with van der Waals surface area (Å²) in [5, 5.41) is 6.54. The molecule has 2 aromatic heterocycles. The highest BCUT2D eigenvalue weighted by molar-refractivity contribution is 5.54. The first-order valence-electron chi connectivity index (χ1n) is 12.5. The van der Waals surface area contributed by atoms with E-state index in [-0.39, 0.29) is 5.92 Å². The van der Waals surface area contributed by atoms with Crippen LogP contribution in [0, 0.1) is 0 Å². The van der Waals surface area contributed by atoms with Crippen molar-refractivity contribution >= 4 is 11.6 Å². The Morgan fingerprint density at radius 2 is 1.81 bits per heavy atom. The monoisotopic (exact) mass is 513 g/mol. The van der Waals surface area contributed by atoms with Gasteiger partial charge in [-0.1, -0.05) is 18.2 Å². The van der Waals surface area contributed by atoms with Gasteiger partial charge in [0.15, 0.2) is 0 Å². The number of pyridine rings is 2. The van der Waals surface area contributed by atoms with Crippen molar-refractivity contribution in [2.45, 2.75) is 25.1 Å². The Morgan fingerprint density at radius 3 is 2.54 bits per heavy atom. The molecule has 1 saturated heterocycles. The quantitative estimate of drug-likeness (QED) is 0.434. The summed E-state index contributed by atoms with van der Waals surface area (Å²) in [6.45, 7) is 6.11. The molecule has 7 nitrogen and oxygen atoms in total. The minimum atomic E-state index is -4.33. The summed E-state index contributed by atoms with van der Waals surface area (Å²) in [7, 11) is 0.